The molecule has 0 saturated carbocycles. The molecule has 3 aromatic rings. The van der Waals surface area contributed by atoms with E-state index in [4.69, 9.17) is 9.63 Å². The first-order valence-electron chi connectivity index (χ1n) is 7.12. The van der Waals surface area contributed by atoms with E-state index in [9.17, 15) is 9.18 Å². The van der Waals surface area contributed by atoms with Crippen molar-refractivity contribution in [3.05, 3.63) is 53.8 Å². The van der Waals surface area contributed by atoms with Gasteiger partial charge in [0, 0.05) is 24.7 Å². The van der Waals surface area contributed by atoms with E-state index in [2.05, 4.69) is 5.16 Å². The average Bonchev–Trinajstić information content (AvgIpc) is 2.98. The second-order valence-electron chi connectivity index (χ2n) is 5.20. The van der Waals surface area contributed by atoms with Gasteiger partial charge in [0.25, 0.3) is 5.91 Å². The highest BCUT2D eigenvalue weighted by atomic mass is 19.1. The van der Waals surface area contributed by atoms with Crippen LogP contribution in [0.4, 0.5) is 4.39 Å². The summed E-state index contributed by atoms with van der Waals surface area (Å²) in [7, 11) is 1.62. The van der Waals surface area contributed by atoms with Gasteiger partial charge in [-0.3, -0.25) is 4.79 Å². The van der Waals surface area contributed by atoms with Crippen LogP contribution in [0.25, 0.3) is 22.2 Å². The van der Waals surface area contributed by atoms with E-state index in [-0.39, 0.29) is 24.9 Å². The summed E-state index contributed by atoms with van der Waals surface area (Å²) >= 11 is 0. The molecule has 0 bridgehead atoms. The van der Waals surface area contributed by atoms with E-state index in [1.54, 1.807) is 37.4 Å². The lowest BCUT2D eigenvalue weighted by Crippen LogP contribution is -2.29. The molecule has 2 aromatic carbocycles. The lowest BCUT2D eigenvalue weighted by molar-refractivity contribution is 0.0767. The van der Waals surface area contributed by atoms with Gasteiger partial charge in [0.15, 0.2) is 5.76 Å². The number of aromatic nitrogens is 1. The van der Waals surface area contributed by atoms with Gasteiger partial charge >= 0.3 is 0 Å². The third kappa shape index (κ3) is 2.93. The number of halogens is 1. The van der Waals surface area contributed by atoms with Gasteiger partial charge in [0.1, 0.15) is 11.3 Å². The minimum atomic E-state index is -0.334. The fraction of sp³-hybridized carbons (Fsp3) is 0.176. The van der Waals surface area contributed by atoms with Gasteiger partial charge in [-0.25, -0.2) is 4.39 Å². The number of fused-ring (bicyclic) bond motifs is 1. The Kier molecular flexibility index (Phi) is 4.08. The molecule has 0 spiro atoms. The number of likely N-dealkylation sites (N-methyl/N-ethyl adjacent to an activating group) is 1. The van der Waals surface area contributed by atoms with Crippen molar-refractivity contribution in [3.8, 4) is 11.3 Å². The quantitative estimate of drug-likeness (QED) is 0.804. The molecular weight excluding hydrogens is 299 g/mol. The number of hydrogen-bond acceptors (Lipinski definition) is 4. The van der Waals surface area contributed by atoms with E-state index in [0.717, 1.165) is 0 Å². The Morgan fingerprint density at radius 3 is 2.70 bits per heavy atom. The zero-order chi connectivity index (χ0) is 16.4. The lowest BCUT2D eigenvalue weighted by atomic mass is 10.1. The molecule has 3 rings (SSSR count). The monoisotopic (exact) mass is 314 g/mol. The van der Waals surface area contributed by atoms with Crippen LogP contribution in [-0.4, -0.2) is 41.3 Å². The summed E-state index contributed by atoms with van der Waals surface area (Å²) in [6.07, 6.45) is 0. The molecule has 0 aliphatic rings. The van der Waals surface area contributed by atoms with Crippen LogP contribution in [0.1, 0.15) is 10.4 Å². The number of benzene rings is 2. The van der Waals surface area contributed by atoms with E-state index in [1.165, 1.54) is 17.0 Å². The Hall–Kier alpha value is -2.73. The maximum atomic E-state index is 13.1. The third-order valence-electron chi connectivity index (χ3n) is 3.61. The molecule has 0 fully saturated rings. The van der Waals surface area contributed by atoms with Crippen LogP contribution in [0.5, 0.6) is 0 Å². The highest BCUT2D eigenvalue weighted by Crippen LogP contribution is 2.29. The predicted molar refractivity (Wildman–Crippen MR) is 83.4 cm³/mol. The smallest absolute Gasteiger partial charge is 0.253 e. The second kappa shape index (κ2) is 6.18. The van der Waals surface area contributed by atoms with E-state index < -0.39 is 0 Å². The largest absolute Gasteiger partial charge is 0.395 e. The minimum Gasteiger partial charge on any atom is -0.395 e. The Labute approximate surface area is 131 Å². The van der Waals surface area contributed by atoms with Gasteiger partial charge in [0.2, 0.25) is 0 Å². The fourth-order valence-corrected chi connectivity index (χ4v) is 2.36. The Bertz CT molecular complexity index is 843. The molecule has 0 aliphatic carbocycles. The van der Waals surface area contributed by atoms with Crippen LogP contribution in [0.3, 0.4) is 0 Å². The van der Waals surface area contributed by atoms with Crippen molar-refractivity contribution in [2.24, 2.45) is 0 Å². The highest BCUT2D eigenvalue weighted by molar-refractivity contribution is 6.00. The molecule has 0 aliphatic heterocycles. The molecule has 1 N–H and O–H groups in total. The highest BCUT2D eigenvalue weighted by Gasteiger charge is 2.16. The first kappa shape index (κ1) is 15.2. The predicted octanol–water partition coefficient (Wildman–Crippen LogP) is 2.70. The number of hydrogen-bond donors (Lipinski definition) is 1. The van der Waals surface area contributed by atoms with Gasteiger partial charge < -0.3 is 14.5 Å². The Balaban J connectivity index is 2.03. The molecule has 6 heteroatoms. The van der Waals surface area contributed by atoms with Crippen molar-refractivity contribution < 1.29 is 18.8 Å². The van der Waals surface area contributed by atoms with Crippen molar-refractivity contribution in [1.82, 2.24) is 10.1 Å². The number of amides is 1. The second-order valence-corrected chi connectivity index (χ2v) is 5.20. The number of carbonyl (C=O) groups excluding carboxylic acids is 1. The Morgan fingerprint density at radius 1 is 1.26 bits per heavy atom. The average molecular weight is 314 g/mol. The summed E-state index contributed by atoms with van der Waals surface area (Å²) in [5, 5.41) is 13.6. The molecule has 23 heavy (non-hydrogen) atoms. The normalized spacial score (nSPS) is 10.9. The van der Waals surface area contributed by atoms with E-state index >= 15 is 0 Å². The van der Waals surface area contributed by atoms with Gasteiger partial charge in [0.05, 0.1) is 12.0 Å². The SMILES string of the molecule is CN(CCO)C(=O)c1ccc2noc(-c3ccc(F)cc3)c2c1. The van der Waals surface area contributed by atoms with Crippen LogP contribution in [0.15, 0.2) is 47.0 Å². The van der Waals surface area contributed by atoms with Gasteiger partial charge in [-0.1, -0.05) is 5.16 Å². The first-order valence-corrected chi connectivity index (χ1v) is 7.12. The van der Waals surface area contributed by atoms with E-state index in [0.29, 0.717) is 27.8 Å². The van der Waals surface area contributed by atoms with Gasteiger partial charge in [-0.2, -0.15) is 0 Å². The Morgan fingerprint density at radius 2 is 2.00 bits per heavy atom. The van der Waals surface area contributed by atoms with Crippen molar-refractivity contribution in [1.29, 1.82) is 0 Å². The molecular formula is C17H15FN2O3. The number of carbonyl (C=O) groups is 1. The number of aliphatic hydroxyl groups excluding tert-OH is 1. The van der Waals surface area contributed by atoms with Crippen LogP contribution >= 0.6 is 0 Å². The zero-order valence-electron chi connectivity index (χ0n) is 12.5. The molecule has 1 aromatic heterocycles. The van der Waals surface area contributed by atoms with Crippen LogP contribution in [0, 0.1) is 5.82 Å². The van der Waals surface area contributed by atoms with Crippen molar-refractivity contribution in [3.63, 3.8) is 0 Å². The summed E-state index contributed by atoms with van der Waals surface area (Å²) in [6.45, 7) is 0.157. The molecule has 0 radical (unpaired) electrons. The molecule has 1 heterocycles. The fourth-order valence-electron chi connectivity index (χ4n) is 2.36. The van der Waals surface area contributed by atoms with Crippen molar-refractivity contribution >= 4 is 16.8 Å². The van der Waals surface area contributed by atoms with Gasteiger partial charge in [-0.15, -0.1) is 0 Å². The van der Waals surface area contributed by atoms with Crippen molar-refractivity contribution in [2.45, 2.75) is 0 Å². The number of rotatable bonds is 4. The maximum Gasteiger partial charge on any atom is 0.253 e. The summed E-state index contributed by atoms with van der Waals surface area (Å²) in [4.78, 5) is 13.7. The summed E-state index contributed by atoms with van der Waals surface area (Å²) in [6, 6.07) is 10.9. The number of nitrogens with zero attached hydrogens (tertiary/aromatic N) is 2. The van der Waals surface area contributed by atoms with Crippen LogP contribution in [0.2, 0.25) is 0 Å². The minimum absolute atomic E-state index is 0.0986. The lowest BCUT2D eigenvalue weighted by Gasteiger charge is -2.15. The third-order valence-corrected chi connectivity index (χ3v) is 3.61. The first-order chi connectivity index (χ1) is 11.1. The van der Waals surface area contributed by atoms with E-state index in [1.807, 2.05) is 0 Å². The maximum absolute atomic E-state index is 13.1. The summed E-state index contributed by atoms with van der Waals surface area (Å²) in [5.74, 6) is -0.0502. The molecule has 5 nitrogen and oxygen atoms in total. The molecule has 118 valence electrons. The number of aliphatic hydroxyl groups is 1. The summed E-state index contributed by atoms with van der Waals surface area (Å²) in [5.41, 5.74) is 1.77. The molecule has 0 saturated heterocycles. The van der Waals surface area contributed by atoms with Crippen molar-refractivity contribution in [2.75, 3.05) is 20.2 Å². The molecule has 0 unspecified atom stereocenters. The topological polar surface area (TPSA) is 66.6 Å². The van der Waals surface area contributed by atoms with Gasteiger partial charge in [-0.05, 0) is 42.5 Å². The standard InChI is InChI=1S/C17H15FN2O3/c1-20(8-9-21)17(22)12-4-7-15-14(10-12)16(23-19-15)11-2-5-13(18)6-3-11/h2-7,10,21H,8-9H2,1H3. The van der Waals surface area contributed by atoms with Crippen LogP contribution < -0.4 is 0 Å². The molecule has 0 atom stereocenters. The zero-order valence-corrected chi connectivity index (χ0v) is 12.5. The molecule has 1 amide bonds. The van der Waals surface area contributed by atoms with Crippen LogP contribution in [-0.2, 0) is 0 Å². The summed E-state index contributed by atoms with van der Waals surface area (Å²) < 4.78 is 18.4.